The summed E-state index contributed by atoms with van der Waals surface area (Å²) in [5.74, 6) is 0.491. The summed E-state index contributed by atoms with van der Waals surface area (Å²) in [4.78, 5) is 10.9. The summed E-state index contributed by atoms with van der Waals surface area (Å²) in [5.41, 5.74) is 1.63. The Morgan fingerprint density at radius 2 is 1.79 bits per heavy atom. The first kappa shape index (κ1) is 12.0. The fraction of sp³-hybridized carbons (Fsp3) is 0.286. The summed E-state index contributed by atoms with van der Waals surface area (Å²) in [6.07, 6.45) is 3.50. The van der Waals surface area contributed by atoms with E-state index in [1.807, 2.05) is 6.07 Å². The largest absolute Gasteiger partial charge is 0.338 e. The number of rotatable bonds is 2. The lowest BCUT2D eigenvalue weighted by Gasteiger charge is -2.27. The van der Waals surface area contributed by atoms with E-state index in [0.717, 1.165) is 43.3 Å². The average molecular weight is 258 g/mol. The molecule has 3 rings (SSSR count). The monoisotopic (exact) mass is 258 g/mol. The Bertz CT molecular complexity index is 550. The highest BCUT2D eigenvalue weighted by molar-refractivity contribution is 5.62. The van der Waals surface area contributed by atoms with E-state index >= 15 is 0 Å². The number of hydrogen-bond donors (Lipinski definition) is 1. The molecule has 2 heterocycles. The molecular formula is C14H15FN4. The van der Waals surface area contributed by atoms with Crippen molar-refractivity contribution >= 4 is 5.95 Å². The SMILES string of the molecule is Fc1cccc(-c2cnc(N3CCNCC3)nc2)c1. The lowest BCUT2D eigenvalue weighted by Crippen LogP contribution is -2.44. The van der Waals surface area contributed by atoms with Gasteiger partial charge in [0.1, 0.15) is 5.82 Å². The molecule has 0 radical (unpaired) electrons. The Balaban J connectivity index is 1.82. The van der Waals surface area contributed by atoms with Gasteiger partial charge in [-0.3, -0.25) is 0 Å². The fourth-order valence-corrected chi connectivity index (χ4v) is 2.17. The van der Waals surface area contributed by atoms with Gasteiger partial charge in [0.15, 0.2) is 0 Å². The van der Waals surface area contributed by atoms with Gasteiger partial charge in [0.05, 0.1) is 0 Å². The van der Waals surface area contributed by atoms with Gasteiger partial charge in [-0.25, -0.2) is 14.4 Å². The van der Waals surface area contributed by atoms with Crippen LogP contribution in [0.15, 0.2) is 36.7 Å². The maximum absolute atomic E-state index is 13.2. The molecule has 0 bridgehead atoms. The van der Waals surface area contributed by atoms with Crippen molar-refractivity contribution in [3.05, 3.63) is 42.5 Å². The van der Waals surface area contributed by atoms with Gasteiger partial charge in [-0.2, -0.15) is 0 Å². The second-order valence-electron chi connectivity index (χ2n) is 4.52. The molecule has 5 heteroatoms. The molecule has 2 aromatic rings. The van der Waals surface area contributed by atoms with Crippen LogP contribution in [0.1, 0.15) is 0 Å². The Morgan fingerprint density at radius 1 is 1.05 bits per heavy atom. The lowest BCUT2D eigenvalue weighted by atomic mass is 10.1. The Kier molecular flexibility index (Phi) is 3.37. The van der Waals surface area contributed by atoms with E-state index < -0.39 is 0 Å². The first-order valence-corrected chi connectivity index (χ1v) is 6.36. The van der Waals surface area contributed by atoms with Gasteiger partial charge in [0.25, 0.3) is 0 Å². The molecule has 1 N–H and O–H groups in total. The van der Waals surface area contributed by atoms with E-state index in [1.165, 1.54) is 12.1 Å². The van der Waals surface area contributed by atoms with Gasteiger partial charge in [0, 0.05) is 44.1 Å². The topological polar surface area (TPSA) is 41.1 Å². The maximum Gasteiger partial charge on any atom is 0.225 e. The molecule has 19 heavy (non-hydrogen) atoms. The van der Waals surface area contributed by atoms with Crippen LogP contribution in [0.2, 0.25) is 0 Å². The zero-order valence-corrected chi connectivity index (χ0v) is 10.5. The molecule has 4 nitrogen and oxygen atoms in total. The number of aromatic nitrogens is 2. The highest BCUT2D eigenvalue weighted by Gasteiger charge is 2.12. The van der Waals surface area contributed by atoms with Crippen molar-refractivity contribution < 1.29 is 4.39 Å². The molecule has 1 aliphatic rings. The van der Waals surface area contributed by atoms with E-state index in [-0.39, 0.29) is 5.82 Å². The number of benzene rings is 1. The van der Waals surface area contributed by atoms with E-state index in [0.29, 0.717) is 0 Å². The zero-order chi connectivity index (χ0) is 13.1. The van der Waals surface area contributed by atoms with Gasteiger partial charge in [-0.15, -0.1) is 0 Å². The number of piperazine rings is 1. The van der Waals surface area contributed by atoms with Crippen LogP contribution < -0.4 is 10.2 Å². The van der Waals surface area contributed by atoms with Gasteiger partial charge in [-0.05, 0) is 17.7 Å². The normalized spacial score (nSPS) is 15.5. The van der Waals surface area contributed by atoms with Gasteiger partial charge < -0.3 is 10.2 Å². The molecule has 1 saturated heterocycles. The van der Waals surface area contributed by atoms with Crippen molar-refractivity contribution in [2.45, 2.75) is 0 Å². The van der Waals surface area contributed by atoms with Crippen LogP contribution in [0, 0.1) is 5.82 Å². The van der Waals surface area contributed by atoms with E-state index in [2.05, 4.69) is 20.2 Å². The number of halogens is 1. The number of hydrogen-bond acceptors (Lipinski definition) is 4. The first-order valence-electron chi connectivity index (χ1n) is 6.36. The molecule has 0 spiro atoms. The molecule has 1 aromatic carbocycles. The highest BCUT2D eigenvalue weighted by atomic mass is 19.1. The van der Waals surface area contributed by atoms with Crippen LogP contribution in [0.3, 0.4) is 0 Å². The number of nitrogens with one attached hydrogen (secondary N) is 1. The van der Waals surface area contributed by atoms with Crippen molar-refractivity contribution in [3.8, 4) is 11.1 Å². The summed E-state index contributed by atoms with van der Waals surface area (Å²) in [6, 6.07) is 6.46. The fourth-order valence-electron chi connectivity index (χ4n) is 2.17. The summed E-state index contributed by atoms with van der Waals surface area (Å²) in [5, 5.41) is 3.29. The second kappa shape index (κ2) is 5.32. The van der Waals surface area contributed by atoms with E-state index in [4.69, 9.17) is 0 Å². The quantitative estimate of drug-likeness (QED) is 0.890. The predicted molar refractivity (Wildman–Crippen MR) is 72.5 cm³/mol. The molecule has 0 saturated carbocycles. The lowest BCUT2D eigenvalue weighted by molar-refractivity contribution is 0.580. The van der Waals surface area contributed by atoms with Crippen molar-refractivity contribution in [2.75, 3.05) is 31.1 Å². The van der Waals surface area contributed by atoms with Gasteiger partial charge in [0.2, 0.25) is 5.95 Å². The summed E-state index contributed by atoms with van der Waals surface area (Å²) < 4.78 is 13.2. The van der Waals surface area contributed by atoms with Crippen LogP contribution in [0.25, 0.3) is 11.1 Å². The third-order valence-corrected chi connectivity index (χ3v) is 3.20. The van der Waals surface area contributed by atoms with Crippen LogP contribution >= 0.6 is 0 Å². The maximum atomic E-state index is 13.2. The molecule has 1 aromatic heterocycles. The molecule has 0 aliphatic carbocycles. The Morgan fingerprint density at radius 3 is 2.47 bits per heavy atom. The Labute approximate surface area is 111 Å². The third kappa shape index (κ3) is 2.71. The zero-order valence-electron chi connectivity index (χ0n) is 10.5. The molecule has 98 valence electrons. The minimum atomic E-state index is -0.247. The number of nitrogens with zero attached hydrogens (tertiary/aromatic N) is 3. The molecule has 0 amide bonds. The van der Waals surface area contributed by atoms with Crippen molar-refractivity contribution in [1.82, 2.24) is 15.3 Å². The van der Waals surface area contributed by atoms with E-state index in [1.54, 1.807) is 18.5 Å². The van der Waals surface area contributed by atoms with Crippen LogP contribution in [0.5, 0.6) is 0 Å². The van der Waals surface area contributed by atoms with Crippen molar-refractivity contribution in [2.24, 2.45) is 0 Å². The minimum absolute atomic E-state index is 0.247. The molecule has 0 unspecified atom stereocenters. The van der Waals surface area contributed by atoms with Crippen molar-refractivity contribution in [1.29, 1.82) is 0 Å². The standard InChI is InChI=1S/C14H15FN4/c15-13-3-1-2-11(8-13)12-9-17-14(18-10-12)19-6-4-16-5-7-19/h1-3,8-10,16H,4-7H2. The third-order valence-electron chi connectivity index (χ3n) is 3.20. The summed E-state index contributed by atoms with van der Waals surface area (Å²) in [6.45, 7) is 3.74. The van der Waals surface area contributed by atoms with Gasteiger partial charge in [-0.1, -0.05) is 12.1 Å². The summed E-state index contributed by atoms with van der Waals surface area (Å²) >= 11 is 0. The molecule has 1 aliphatic heterocycles. The number of anilines is 1. The van der Waals surface area contributed by atoms with Crippen LogP contribution in [0.4, 0.5) is 10.3 Å². The smallest absolute Gasteiger partial charge is 0.225 e. The predicted octanol–water partition coefficient (Wildman–Crippen LogP) is 1.69. The van der Waals surface area contributed by atoms with Gasteiger partial charge >= 0.3 is 0 Å². The van der Waals surface area contributed by atoms with Crippen molar-refractivity contribution in [3.63, 3.8) is 0 Å². The molecule has 1 fully saturated rings. The van der Waals surface area contributed by atoms with E-state index in [9.17, 15) is 4.39 Å². The average Bonchev–Trinajstić information content (AvgIpc) is 2.48. The highest BCUT2D eigenvalue weighted by Crippen LogP contribution is 2.19. The Hall–Kier alpha value is -2.01. The minimum Gasteiger partial charge on any atom is -0.338 e. The van der Waals surface area contributed by atoms with Crippen LogP contribution in [-0.4, -0.2) is 36.1 Å². The van der Waals surface area contributed by atoms with Crippen LogP contribution in [-0.2, 0) is 0 Å². The second-order valence-corrected chi connectivity index (χ2v) is 4.52. The molecular weight excluding hydrogens is 243 g/mol. The summed E-state index contributed by atoms with van der Waals surface area (Å²) in [7, 11) is 0. The first-order chi connectivity index (χ1) is 9.33. The molecule has 0 atom stereocenters.